The Morgan fingerprint density at radius 1 is 1.40 bits per heavy atom. The summed E-state index contributed by atoms with van der Waals surface area (Å²) in [4.78, 5) is 4.23. The van der Waals surface area contributed by atoms with Crippen molar-refractivity contribution in [1.29, 1.82) is 0 Å². The summed E-state index contributed by atoms with van der Waals surface area (Å²) >= 11 is 0. The van der Waals surface area contributed by atoms with E-state index in [1.165, 1.54) is 0 Å². The number of furan rings is 1. The summed E-state index contributed by atoms with van der Waals surface area (Å²) in [7, 11) is 0. The van der Waals surface area contributed by atoms with E-state index < -0.39 is 0 Å². The molecule has 15 heavy (non-hydrogen) atoms. The topological polar surface area (TPSA) is 78.1 Å². The van der Waals surface area contributed by atoms with Crippen LogP contribution in [0.2, 0.25) is 0 Å². The summed E-state index contributed by atoms with van der Waals surface area (Å²) < 4.78 is 10.3. The summed E-state index contributed by atoms with van der Waals surface area (Å²) in [5.74, 6) is 2.11. The smallest absolute Gasteiger partial charge is 0.234 e. The Labute approximate surface area is 87.3 Å². The van der Waals surface area contributed by atoms with Crippen LogP contribution in [0.4, 0.5) is 0 Å². The number of aromatic nitrogens is 2. The van der Waals surface area contributed by atoms with Crippen molar-refractivity contribution >= 4 is 0 Å². The number of rotatable bonds is 5. The van der Waals surface area contributed by atoms with E-state index in [1.807, 2.05) is 12.1 Å². The molecular weight excluding hydrogens is 194 g/mol. The molecule has 2 rings (SSSR count). The van der Waals surface area contributed by atoms with Crippen LogP contribution in [0, 0.1) is 0 Å². The predicted octanol–water partition coefficient (Wildman–Crippen LogP) is 1.14. The molecule has 0 fully saturated rings. The van der Waals surface area contributed by atoms with Gasteiger partial charge in [0, 0.05) is 6.42 Å². The molecule has 5 nitrogen and oxygen atoms in total. The fourth-order valence-corrected chi connectivity index (χ4v) is 1.29. The van der Waals surface area contributed by atoms with Crippen LogP contribution in [-0.2, 0) is 12.8 Å². The third-order valence-electron chi connectivity index (χ3n) is 2.02. The molecule has 0 saturated heterocycles. The maximum Gasteiger partial charge on any atom is 0.234 e. The van der Waals surface area contributed by atoms with E-state index in [-0.39, 0.29) is 0 Å². The molecular formula is C10H13N3O2. The predicted molar refractivity (Wildman–Crippen MR) is 53.2 cm³/mol. The van der Waals surface area contributed by atoms with Crippen LogP contribution in [0.5, 0.6) is 0 Å². The van der Waals surface area contributed by atoms with Crippen molar-refractivity contribution < 1.29 is 8.94 Å². The molecule has 0 aliphatic rings. The highest BCUT2D eigenvalue weighted by molar-refractivity contribution is 5.04. The highest BCUT2D eigenvalue weighted by Crippen LogP contribution is 2.08. The largest absolute Gasteiger partial charge is 0.469 e. The molecule has 0 aromatic carbocycles. The van der Waals surface area contributed by atoms with Gasteiger partial charge in [-0.25, -0.2) is 0 Å². The molecule has 0 unspecified atom stereocenters. The van der Waals surface area contributed by atoms with Crippen molar-refractivity contribution in [1.82, 2.24) is 10.1 Å². The molecule has 0 bridgehead atoms. The van der Waals surface area contributed by atoms with Crippen LogP contribution >= 0.6 is 0 Å². The first kappa shape index (κ1) is 9.92. The maximum absolute atomic E-state index is 5.39. The molecule has 0 spiro atoms. The van der Waals surface area contributed by atoms with Gasteiger partial charge in [0.25, 0.3) is 0 Å². The van der Waals surface area contributed by atoms with Crippen molar-refractivity contribution in [3.05, 3.63) is 35.9 Å². The van der Waals surface area contributed by atoms with Gasteiger partial charge in [0.2, 0.25) is 5.89 Å². The van der Waals surface area contributed by atoms with E-state index in [1.54, 1.807) is 6.26 Å². The molecule has 0 radical (unpaired) electrons. The van der Waals surface area contributed by atoms with Crippen molar-refractivity contribution in [3.8, 4) is 0 Å². The monoisotopic (exact) mass is 207 g/mol. The third-order valence-corrected chi connectivity index (χ3v) is 2.02. The summed E-state index contributed by atoms with van der Waals surface area (Å²) in [6.07, 6.45) is 3.81. The molecule has 80 valence electrons. The second kappa shape index (κ2) is 4.75. The third kappa shape index (κ3) is 2.66. The fourth-order valence-electron chi connectivity index (χ4n) is 1.29. The Morgan fingerprint density at radius 2 is 2.33 bits per heavy atom. The Morgan fingerprint density at radius 3 is 3.07 bits per heavy atom. The highest BCUT2D eigenvalue weighted by Gasteiger charge is 2.07. The minimum absolute atomic E-state index is 0.544. The molecule has 2 N–H and O–H groups in total. The maximum atomic E-state index is 5.39. The SMILES string of the molecule is NCCCc1noc(Cc2ccco2)n1. The van der Waals surface area contributed by atoms with Gasteiger partial charge < -0.3 is 14.7 Å². The van der Waals surface area contributed by atoms with Crippen LogP contribution < -0.4 is 5.73 Å². The minimum Gasteiger partial charge on any atom is -0.469 e. The van der Waals surface area contributed by atoms with Gasteiger partial charge in [-0.1, -0.05) is 5.16 Å². The summed E-state index contributed by atoms with van der Waals surface area (Å²) in [5, 5.41) is 3.85. The average molecular weight is 207 g/mol. The summed E-state index contributed by atoms with van der Waals surface area (Å²) in [6.45, 7) is 0.641. The Hall–Kier alpha value is -1.62. The van der Waals surface area contributed by atoms with Crippen LogP contribution in [-0.4, -0.2) is 16.7 Å². The fraction of sp³-hybridized carbons (Fsp3) is 0.400. The van der Waals surface area contributed by atoms with Crippen molar-refractivity contribution in [2.45, 2.75) is 19.3 Å². The summed E-state index contributed by atoms with van der Waals surface area (Å²) in [6, 6.07) is 3.71. The molecule has 0 aliphatic heterocycles. The first-order valence-corrected chi connectivity index (χ1v) is 4.92. The van der Waals surface area contributed by atoms with Gasteiger partial charge in [0.05, 0.1) is 12.7 Å². The molecule has 2 aromatic rings. The second-order valence-corrected chi connectivity index (χ2v) is 3.25. The number of hydrogen-bond donors (Lipinski definition) is 1. The van der Waals surface area contributed by atoms with Gasteiger partial charge in [-0.2, -0.15) is 4.98 Å². The first-order valence-electron chi connectivity index (χ1n) is 4.92. The number of aryl methyl sites for hydroxylation is 1. The lowest BCUT2D eigenvalue weighted by Gasteiger charge is -1.89. The van der Waals surface area contributed by atoms with E-state index in [4.69, 9.17) is 14.7 Å². The number of nitrogens with zero attached hydrogens (tertiary/aromatic N) is 2. The number of hydrogen-bond acceptors (Lipinski definition) is 5. The zero-order valence-corrected chi connectivity index (χ0v) is 8.35. The lowest BCUT2D eigenvalue weighted by molar-refractivity contribution is 0.370. The second-order valence-electron chi connectivity index (χ2n) is 3.25. The Balaban J connectivity index is 1.95. The van der Waals surface area contributed by atoms with Gasteiger partial charge in [0.1, 0.15) is 5.76 Å². The molecule has 0 saturated carbocycles. The van der Waals surface area contributed by atoms with Crippen molar-refractivity contribution in [2.75, 3.05) is 6.54 Å². The quantitative estimate of drug-likeness (QED) is 0.795. The van der Waals surface area contributed by atoms with E-state index in [0.29, 0.717) is 24.7 Å². The van der Waals surface area contributed by atoms with Crippen molar-refractivity contribution in [3.63, 3.8) is 0 Å². The van der Waals surface area contributed by atoms with E-state index in [9.17, 15) is 0 Å². The van der Waals surface area contributed by atoms with Crippen LogP contribution in [0.25, 0.3) is 0 Å². The summed E-state index contributed by atoms with van der Waals surface area (Å²) in [5.41, 5.74) is 5.39. The van der Waals surface area contributed by atoms with E-state index >= 15 is 0 Å². The normalized spacial score (nSPS) is 10.7. The molecule has 0 amide bonds. The van der Waals surface area contributed by atoms with Gasteiger partial charge in [0.15, 0.2) is 5.82 Å². The van der Waals surface area contributed by atoms with Gasteiger partial charge >= 0.3 is 0 Å². The van der Waals surface area contributed by atoms with Gasteiger partial charge in [-0.3, -0.25) is 0 Å². The standard InChI is InChI=1S/C10H13N3O2/c11-5-1-4-9-12-10(15-13-9)7-8-3-2-6-14-8/h2-3,6H,1,4-5,7,11H2. The minimum atomic E-state index is 0.544. The zero-order chi connectivity index (χ0) is 10.5. The first-order chi connectivity index (χ1) is 7.38. The van der Waals surface area contributed by atoms with Crippen molar-refractivity contribution in [2.24, 2.45) is 5.73 Å². The van der Waals surface area contributed by atoms with Gasteiger partial charge in [-0.05, 0) is 25.1 Å². The van der Waals surface area contributed by atoms with E-state index in [0.717, 1.165) is 18.6 Å². The van der Waals surface area contributed by atoms with E-state index in [2.05, 4.69) is 10.1 Å². The molecule has 5 heteroatoms. The molecule has 2 aromatic heterocycles. The van der Waals surface area contributed by atoms with Crippen LogP contribution in [0.1, 0.15) is 23.9 Å². The van der Waals surface area contributed by atoms with Crippen LogP contribution in [0.15, 0.2) is 27.3 Å². The Bertz CT molecular complexity index is 394. The van der Waals surface area contributed by atoms with Gasteiger partial charge in [-0.15, -0.1) is 0 Å². The molecule has 0 aliphatic carbocycles. The highest BCUT2D eigenvalue weighted by atomic mass is 16.5. The zero-order valence-electron chi connectivity index (χ0n) is 8.35. The average Bonchev–Trinajstić information content (AvgIpc) is 2.87. The Kier molecular flexibility index (Phi) is 3.14. The molecule has 2 heterocycles. The molecule has 0 atom stereocenters. The number of nitrogens with two attached hydrogens (primary N) is 1. The lowest BCUT2D eigenvalue weighted by Crippen LogP contribution is -2.01. The van der Waals surface area contributed by atoms with Crippen LogP contribution in [0.3, 0.4) is 0 Å². The lowest BCUT2D eigenvalue weighted by atomic mass is 10.3.